The molecule has 0 unspecified atom stereocenters. The van der Waals surface area contributed by atoms with Crippen molar-refractivity contribution >= 4 is 21.6 Å². The molecule has 1 N–H and O–H groups in total. The summed E-state index contributed by atoms with van der Waals surface area (Å²) in [6.07, 6.45) is 5.47. The molecule has 1 aromatic carbocycles. The van der Waals surface area contributed by atoms with Crippen molar-refractivity contribution in [2.75, 3.05) is 19.6 Å². The number of para-hydroxylation sites is 1. The third-order valence-electron chi connectivity index (χ3n) is 4.68. The molecular formula is C17H23N3S. The smallest absolute Gasteiger partial charge is 0.108 e. The Morgan fingerprint density at radius 3 is 2.71 bits per heavy atom. The van der Waals surface area contributed by atoms with Crippen LogP contribution in [0, 0.1) is 5.92 Å². The van der Waals surface area contributed by atoms with Crippen molar-refractivity contribution in [1.82, 2.24) is 15.2 Å². The minimum absolute atomic E-state index is 0.747. The van der Waals surface area contributed by atoms with E-state index in [1.807, 2.05) is 11.3 Å². The predicted molar refractivity (Wildman–Crippen MR) is 88.6 cm³/mol. The fraction of sp³-hybridized carbons (Fsp3) is 0.588. The van der Waals surface area contributed by atoms with Gasteiger partial charge in [0.2, 0.25) is 0 Å². The predicted octanol–water partition coefficient (Wildman–Crippen LogP) is 3.26. The lowest BCUT2D eigenvalue weighted by atomic mass is 10.0. The van der Waals surface area contributed by atoms with Gasteiger partial charge in [-0.05, 0) is 50.3 Å². The lowest BCUT2D eigenvalue weighted by Gasteiger charge is -2.31. The molecule has 3 nitrogen and oxygen atoms in total. The highest BCUT2D eigenvalue weighted by Gasteiger charge is 2.24. The molecule has 0 atom stereocenters. The van der Waals surface area contributed by atoms with Crippen LogP contribution in [0.2, 0.25) is 0 Å². The van der Waals surface area contributed by atoms with Crippen LogP contribution >= 0.6 is 11.3 Å². The summed E-state index contributed by atoms with van der Waals surface area (Å²) in [5.74, 6) is 0.991. The van der Waals surface area contributed by atoms with Gasteiger partial charge in [0, 0.05) is 19.1 Å². The van der Waals surface area contributed by atoms with Crippen LogP contribution in [0.25, 0.3) is 10.2 Å². The van der Waals surface area contributed by atoms with Crippen molar-refractivity contribution in [2.24, 2.45) is 5.92 Å². The Morgan fingerprint density at radius 2 is 1.95 bits per heavy atom. The first kappa shape index (κ1) is 13.7. The van der Waals surface area contributed by atoms with Gasteiger partial charge < -0.3 is 5.32 Å². The lowest BCUT2D eigenvalue weighted by Crippen LogP contribution is -2.42. The number of aromatic nitrogens is 1. The second kappa shape index (κ2) is 6.03. The summed E-state index contributed by atoms with van der Waals surface area (Å²) in [5.41, 5.74) is 1.15. The van der Waals surface area contributed by atoms with E-state index < -0.39 is 0 Å². The maximum absolute atomic E-state index is 4.75. The standard InChI is InChI=1S/C17H23N3S/c1-2-4-16-15(3-1)19-17(21-16)12-20-9-7-14(8-10-20)18-11-13-5-6-13/h1-4,13-14,18H,5-12H2. The molecule has 2 aromatic rings. The summed E-state index contributed by atoms with van der Waals surface area (Å²) in [7, 11) is 0. The minimum atomic E-state index is 0.747. The van der Waals surface area contributed by atoms with Crippen molar-refractivity contribution in [3.63, 3.8) is 0 Å². The second-order valence-corrected chi connectivity index (χ2v) is 7.59. The van der Waals surface area contributed by atoms with Gasteiger partial charge in [0.1, 0.15) is 5.01 Å². The molecule has 1 aromatic heterocycles. The number of likely N-dealkylation sites (tertiary alicyclic amines) is 1. The second-order valence-electron chi connectivity index (χ2n) is 6.48. The van der Waals surface area contributed by atoms with Crippen LogP contribution < -0.4 is 5.32 Å². The van der Waals surface area contributed by atoms with Gasteiger partial charge >= 0.3 is 0 Å². The van der Waals surface area contributed by atoms with E-state index in [9.17, 15) is 0 Å². The molecule has 0 amide bonds. The van der Waals surface area contributed by atoms with Crippen molar-refractivity contribution in [1.29, 1.82) is 0 Å². The average molecular weight is 301 g/mol. The molecule has 1 saturated carbocycles. The van der Waals surface area contributed by atoms with E-state index in [0.717, 1.165) is 24.0 Å². The van der Waals surface area contributed by atoms with E-state index >= 15 is 0 Å². The summed E-state index contributed by atoms with van der Waals surface area (Å²) in [5, 5.41) is 5.01. The molecule has 2 heterocycles. The molecule has 2 fully saturated rings. The van der Waals surface area contributed by atoms with E-state index in [1.54, 1.807) is 0 Å². The third kappa shape index (κ3) is 3.44. The van der Waals surface area contributed by atoms with Gasteiger partial charge in [-0.3, -0.25) is 4.90 Å². The molecule has 1 aliphatic heterocycles. The van der Waals surface area contributed by atoms with Crippen LogP contribution in [0.15, 0.2) is 24.3 Å². The average Bonchev–Trinajstić information content (AvgIpc) is 3.25. The maximum atomic E-state index is 4.75. The molecular weight excluding hydrogens is 278 g/mol. The Labute approximate surface area is 130 Å². The molecule has 21 heavy (non-hydrogen) atoms. The fourth-order valence-electron chi connectivity index (χ4n) is 3.13. The van der Waals surface area contributed by atoms with Gasteiger partial charge in [-0.2, -0.15) is 0 Å². The van der Waals surface area contributed by atoms with Gasteiger partial charge in [0.25, 0.3) is 0 Å². The number of hydrogen-bond donors (Lipinski definition) is 1. The van der Waals surface area contributed by atoms with Gasteiger partial charge in [-0.15, -0.1) is 11.3 Å². The van der Waals surface area contributed by atoms with Crippen LogP contribution in [0.1, 0.15) is 30.7 Å². The van der Waals surface area contributed by atoms with E-state index in [4.69, 9.17) is 4.98 Å². The number of nitrogens with zero attached hydrogens (tertiary/aromatic N) is 2. The molecule has 1 saturated heterocycles. The number of thiazole rings is 1. The molecule has 2 aliphatic rings. The summed E-state index contributed by atoms with van der Waals surface area (Å²) >= 11 is 1.85. The Kier molecular flexibility index (Phi) is 3.93. The molecule has 0 radical (unpaired) electrons. The first-order chi connectivity index (χ1) is 10.4. The van der Waals surface area contributed by atoms with Crippen molar-refractivity contribution < 1.29 is 0 Å². The number of benzene rings is 1. The van der Waals surface area contributed by atoms with Crippen LogP contribution in [-0.4, -0.2) is 35.6 Å². The highest BCUT2D eigenvalue weighted by Crippen LogP contribution is 2.28. The number of fused-ring (bicyclic) bond motifs is 1. The molecule has 0 bridgehead atoms. The fourth-order valence-corrected chi connectivity index (χ4v) is 4.14. The highest BCUT2D eigenvalue weighted by atomic mass is 32.1. The summed E-state index contributed by atoms with van der Waals surface area (Å²) in [4.78, 5) is 7.32. The molecule has 4 heteroatoms. The summed E-state index contributed by atoms with van der Waals surface area (Å²) < 4.78 is 1.31. The van der Waals surface area contributed by atoms with Gasteiger partial charge in [0.15, 0.2) is 0 Å². The Morgan fingerprint density at radius 1 is 1.14 bits per heavy atom. The van der Waals surface area contributed by atoms with Crippen molar-refractivity contribution in [3.8, 4) is 0 Å². The van der Waals surface area contributed by atoms with E-state index in [-0.39, 0.29) is 0 Å². The van der Waals surface area contributed by atoms with Gasteiger partial charge in [0.05, 0.1) is 16.8 Å². The van der Waals surface area contributed by atoms with Crippen LogP contribution in [0.4, 0.5) is 0 Å². The quantitative estimate of drug-likeness (QED) is 0.919. The third-order valence-corrected chi connectivity index (χ3v) is 5.70. The van der Waals surface area contributed by atoms with E-state index in [0.29, 0.717) is 0 Å². The van der Waals surface area contributed by atoms with E-state index in [2.05, 4.69) is 34.5 Å². The number of nitrogens with one attached hydrogen (secondary N) is 1. The van der Waals surface area contributed by atoms with Crippen LogP contribution in [-0.2, 0) is 6.54 Å². The zero-order chi connectivity index (χ0) is 14.1. The Balaban J connectivity index is 1.29. The molecule has 1 aliphatic carbocycles. The first-order valence-electron chi connectivity index (χ1n) is 8.17. The van der Waals surface area contributed by atoms with Gasteiger partial charge in [-0.1, -0.05) is 12.1 Å². The monoisotopic (exact) mass is 301 g/mol. The highest BCUT2D eigenvalue weighted by molar-refractivity contribution is 7.18. The zero-order valence-electron chi connectivity index (χ0n) is 12.4. The summed E-state index contributed by atoms with van der Waals surface area (Å²) in [6.45, 7) is 4.69. The lowest BCUT2D eigenvalue weighted by molar-refractivity contribution is 0.190. The van der Waals surface area contributed by atoms with Crippen LogP contribution in [0.3, 0.4) is 0 Å². The minimum Gasteiger partial charge on any atom is -0.314 e. The van der Waals surface area contributed by atoms with E-state index in [1.165, 1.54) is 55.0 Å². The Hall–Kier alpha value is -0.970. The molecule has 112 valence electrons. The SMILES string of the molecule is c1ccc2sc(CN3CCC(NCC4CC4)CC3)nc2c1. The van der Waals surface area contributed by atoms with Gasteiger partial charge in [-0.25, -0.2) is 4.98 Å². The maximum Gasteiger partial charge on any atom is 0.108 e. The van der Waals surface area contributed by atoms with Crippen LogP contribution in [0.5, 0.6) is 0 Å². The molecule has 4 rings (SSSR count). The number of hydrogen-bond acceptors (Lipinski definition) is 4. The normalized spacial score (nSPS) is 21.1. The zero-order valence-corrected chi connectivity index (χ0v) is 13.2. The van der Waals surface area contributed by atoms with Crippen molar-refractivity contribution in [3.05, 3.63) is 29.3 Å². The van der Waals surface area contributed by atoms with Crippen molar-refractivity contribution in [2.45, 2.75) is 38.3 Å². The number of rotatable bonds is 5. The largest absolute Gasteiger partial charge is 0.314 e. The summed E-state index contributed by atoms with van der Waals surface area (Å²) in [6, 6.07) is 9.20. The first-order valence-corrected chi connectivity index (χ1v) is 8.99. The Bertz CT molecular complexity index is 564. The topological polar surface area (TPSA) is 28.2 Å². The molecule has 0 spiro atoms. The number of piperidine rings is 1.